The molecular formula is C17H27N9+2. The average Bonchev–Trinajstić information content (AvgIpc) is 3.11. The van der Waals surface area contributed by atoms with Gasteiger partial charge in [-0.1, -0.05) is 9.98 Å². The van der Waals surface area contributed by atoms with Crippen LogP contribution in [-0.2, 0) is 34.6 Å². The van der Waals surface area contributed by atoms with Crippen LogP contribution >= 0.6 is 0 Å². The zero-order chi connectivity index (χ0) is 18.8. The molecule has 1 N–H and O–H groups in total. The Hall–Kier alpha value is -2.97. The SMILES string of the molecule is CN(C)/C=N/c1nc(NCCc2c[n+](C)cn2C)c2c(ncn2C)[n+]1C. The minimum absolute atomic E-state index is 0.609. The molecule has 0 radical (unpaired) electrons. The van der Waals surface area contributed by atoms with Crippen LogP contribution in [0.2, 0.25) is 0 Å². The molecular weight excluding hydrogens is 330 g/mol. The summed E-state index contributed by atoms with van der Waals surface area (Å²) >= 11 is 0. The number of nitrogens with zero attached hydrogens (tertiary/aromatic N) is 8. The highest BCUT2D eigenvalue weighted by Gasteiger charge is 2.21. The van der Waals surface area contributed by atoms with Gasteiger partial charge < -0.3 is 14.8 Å². The number of aryl methyl sites for hydroxylation is 4. The molecule has 0 atom stereocenters. The second-order valence-electron chi connectivity index (χ2n) is 6.74. The summed E-state index contributed by atoms with van der Waals surface area (Å²) < 4.78 is 8.07. The molecule has 0 saturated heterocycles. The van der Waals surface area contributed by atoms with E-state index in [1.165, 1.54) is 5.69 Å². The third kappa shape index (κ3) is 3.51. The van der Waals surface area contributed by atoms with Crippen molar-refractivity contribution < 1.29 is 9.13 Å². The Morgan fingerprint density at radius 1 is 1.27 bits per heavy atom. The standard InChI is InChI=1S/C17H26N9/c1-22(2)10-20-17-21-15(14-16(26(17)6)19-11-24(14)4)18-8-7-13-9-23(3)12-25(13)5/h9-12H,7-8H2,1-6H3/q+1/p+1/b20-10+. The molecule has 9 heteroatoms. The lowest BCUT2D eigenvalue weighted by atomic mass is 10.3. The third-order valence-electron chi connectivity index (χ3n) is 4.21. The van der Waals surface area contributed by atoms with Crippen LogP contribution in [0.15, 0.2) is 23.8 Å². The van der Waals surface area contributed by atoms with E-state index in [1.54, 1.807) is 12.7 Å². The van der Waals surface area contributed by atoms with Crippen molar-refractivity contribution in [1.82, 2.24) is 24.0 Å². The van der Waals surface area contributed by atoms with E-state index in [1.807, 2.05) is 49.3 Å². The minimum atomic E-state index is 0.609. The van der Waals surface area contributed by atoms with Gasteiger partial charge in [0.1, 0.15) is 11.9 Å². The topological polar surface area (TPSA) is 71.0 Å². The fourth-order valence-electron chi connectivity index (χ4n) is 2.92. The first-order valence-corrected chi connectivity index (χ1v) is 8.53. The second-order valence-corrected chi connectivity index (χ2v) is 6.74. The normalized spacial score (nSPS) is 11.6. The minimum Gasteiger partial charge on any atom is -0.359 e. The second kappa shape index (κ2) is 7.11. The Morgan fingerprint density at radius 3 is 2.69 bits per heavy atom. The lowest BCUT2D eigenvalue weighted by molar-refractivity contribution is -0.671. The molecule has 9 nitrogen and oxygen atoms in total. The number of anilines is 1. The largest absolute Gasteiger partial charge is 0.388 e. The summed E-state index contributed by atoms with van der Waals surface area (Å²) in [7, 11) is 11.9. The van der Waals surface area contributed by atoms with Crippen LogP contribution in [-0.4, -0.2) is 51.0 Å². The van der Waals surface area contributed by atoms with E-state index in [9.17, 15) is 0 Å². The lowest BCUT2D eigenvalue weighted by Crippen LogP contribution is -2.32. The van der Waals surface area contributed by atoms with Crippen molar-refractivity contribution >= 4 is 29.3 Å². The highest BCUT2D eigenvalue weighted by Crippen LogP contribution is 2.20. The summed E-state index contributed by atoms with van der Waals surface area (Å²) in [6, 6.07) is 0. The highest BCUT2D eigenvalue weighted by molar-refractivity contribution is 5.81. The Labute approximate surface area is 153 Å². The number of fused-ring (bicyclic) bond motifs is 1. The van der Waals surface area contributed by atoms with Gasteiger partial charge in [0, 0.05) is 34.1 Å². The van der Waals surface area contributed by atoms with Gasteiger partial charge in [-0.15, -0.1) is 4.98 Å². The van der Waals surface area contributed by atoms with E-state index in [0.29, 0.717) is 5.95 Å². The van der Waals surface area contributed by atoms with E-state index in [2.05, 4.69) is 44.0 Å². The molecule has 0 spiro atoms. The third-order valence-corrected chi connectivity index (χ3v) is 4.21. The summed E-state index contributed by atoms with van der Waals surface area (Å²) in [5, 5.41) is 3.46. The molecule has 0 amide bonds. The van der Waals surface area contributed by atoms with Gasteiger partial charge in [-0.2, -0.15) is 0 Å². The van der Waals surface area contributed by atoms with Gasteiger partial charge in [0.25, 0.3) is 5.65 Å². The molecule has 0 saturated carbocycles. The molecule has 0 bridgehead atoms. The monoisotopic (exact) mass is 357 g/mol. The summed E-state index contributed by atoms with van der Waals surface area (Å²) in [5.41, 5.74) is 3.07. The van der Waals surface area contributed by atoms with E-state index in [-0.39, 0.29) is 0 Å². The van der Waals surface area contributed by atoms with Crippen molar-refractivity contribution in [1.29, 1.82) is 0 Å². The van der Waals surface area contributed by atoms with Gasteiger partial charge in [-0.05, 0) is 0 Å². The zero-order valence-corrected chi connectivity index (χ0v) is 16.3. The smallest absolute Gasteiger partial charge is 0.359 e. The van der Waals surface area contributed by atoms with E-state index in [4.69, 9.17) is 4.98 Å². The summed E-state index contributed by atoms with van der Waals surface area (Å²) in [6.45, 7) is 0.774. The predicted octanol–water partition coefficient (Wildman–Crippen LogP) is -0.168. The van der Waals surface area contributed by atoms with E-state index < -0.39 is 0 Å². The van der Waals surface area contributed by atoms with Crippen molar-refractivity contribution in [2.75, 3.05) is 26.0 Å². The Morgan fingerprint density at radius 2 is 2.04 bits per heavy atom. The zero-order valence-electron chi connectivity index (χ0n) is 16.3. The molecule has 3 rings (SSSR count). The van der Waals surface area contributed by atoms with Crippen LogP contribution in [0.3, 0.4) is 0 Å². The number of aliphatic imine (C=N–C) groups is 1. The molecule has 138 valence electrons. The van der Waals surface area contributed by atoms with Crippen molar-refractivity contribution in [3.8, 4) is 0 Å². The molecule has 0 aromatic carbocycles. The number of hydrogen-bond donors (Lipinski definition) is 1. The fourth-order valence-corrected chi connectivity index (χ4v) is 2.92. The quantitative estimate of drug-likeness (QED) is 0.378. The average molecular weight is 357 g/mol. The molecule has 0 aliphatic carbocycles. The van der Waals surface area contributed by atoms with Crippen molar-refractivity contribution in [2.24, 2.45) is 33.2 Å². The maximum atomic E-state index is 4.72. The molecule has 3 aromatic heterocycles. The first-order valence-electron chi connectivity index (χ1n) is 8.53. The van der Waals surface area contributed by atoms with Crippen molar-refractivity contribution in [3.05, 3.63) is 24.5 Å². The maximum absolute atomic E-state index is 4.72. The first kappa shape index (κ1) is 17.8. The molecule has 0 aliphatic rings. The molecule has 0 aliphatic heterocycles. The summed E-state index contributed by atoms with van der Waals surface area (Å²) in [4.78, 5) is 15.6. The van der Waals surface area contributed by atoms with E-state index in [0.717, 1.165) is 29.9 Å². The van der Waals surface area contributed by atoms with Crippen LogP contribution in [0.25, 0.3) is 11.2 Å². The molecule has 3 aromatic rings. The van der Waals surface area contributed by atoms with Crippen molar-refractivity contribution in [2.45, 2.75) is 6.42 Å². The number of aromatic nitrogens is 6. The molecule has 26 heavy (non-hydrogen) atoms. The number of imidazole rings is 2. The van der Waals surface area contributed by atoms with Crippen LogP contribution in [0, 0.1) is 0 Å². The van der Waals surface area contributed by atoms with Crippen LogP contribution in [0.5, 0.6) is 0 Å². The van der Waals surface area contributed by atoms with Crippen LogP contribution < -0.4 is 14.5 Å². The van der Waals surface area contributed by atoms with Crippen LogP contribution in [0.1, 0.15) is 5.69 Å². The predicted molar refractivity (Wildman–Crippen MR) is 100 cm³/mol. The lowest BCUT2D eigenvalue weighted by Gasteiger charge is -2.07. The van der Waals surface area contributed by atoms with Crippen molar-refractivity contribution in [3.63, 3.8) is 0 Å². The molecule has 0 unspecified atom stereocenters. The number of rotatable bonds is 6. The summed E-state index contributed by atoms with van der Waals surface area (Å²) in [5.74, 6) is 1.40. The van der Waals surface area contributed by atoms with Crippen LogP contribution in [0.4, 0.5) is 11.8 Å². The first-order chi connectivity index (χ1) is 12.4. The molecule has 0 fully saturated rings. The summed E-state index contributed by atoms with van der Waals surface area (Å²) in [6.07, 6.45) is 8.63. The van der Waals surface area contributed by atoms with Gasteiger partial charge in [0.05, 0.1) is 21.1 Å². The Bertz CT molecular complexity index is 949. The van der Waals surface area contributed by atoms with Gasteiger partial charge in [0.2, 0.25) is 12.1 Å². The fraction of sp³-hybridized carbons (Fsp3) is 0.471. The van der Waals surface area contributed by atoms with E-state index >= 15 is 0 Å². The Kier molecular flexibility index (Phi) is 4.88. The number of nitrogens with one attached hydrogen (secondary N) is 1. The van der Waals surface area contributed by atoms with Gasteiger partial charge in [0.15, 0.2) is 18.2 Å². The number of hydrogen-bond acceptors (Lipinski definition) is 4. The highest BCUT2D eigenvalue weighted by atomic mass is 15.3. The van der Waals surface area contributed by atoms with Gasteiger partial charge in [-0.3, -0.25) is 0 Å². The maximum Gasteiger partial charge on any atom is 0.388 e. The molecule has 3 heterocycles. The van der Waals surface area contributed by atoms with Gasteiger partial charge in [-0.25, -0.2) is 13.7 Å². The Balaban J connectivity index is 1.89. The van der Waals surface area contributed by atoms with Gasteiger partial charge >= 0.3 is 5.95 Å².